The number of carbonyl (C=O) groups is 2. The van der Waals surface area contributed by atoms with Crippen molar-refractivity contribution in [2.75, 3.05) is 11.9 Å². The third-order valence-corrected chi connectivity index (χ3v) is 7.31. The topological polar surface area (TPSA) is 129 Å². The molecule has 202 valence electrons. The number of thiophene rings is 1. The van der Waals surface area contributed by atoms with Crippen molar-refractivity contribution in [1.29, 1.82) is 0 Å². The van der Waals surface area contributed by atoms with E-state index in [-0.39, 0.29) is 40.9 Å². The number of nitrogens with two attached hydrogens (primary N) is 1. The molecule has 1 unspecified atom stereocenters. The zero-order chi connectivity index (χ0) is 27.2. The Labute approximate surface area is 223 Å². The van der Waals surface area contributed by atoms with Crippen LogP contribution >= 0.6 is 11.3 Å². The fraction of sp³-hybridized carbons (Fsp3) is 0.370. The average Bonchev–Trinajstić information content (AvgIpc) is 3.49. The lowest BCUT2D eigenvalue weighted by Gasteiger charge is -2.12. The van der Waals surface area contributed by atoms with Crippen molar-refractivity contribution >= 4 is 34.0 Å². The third-order valence-electron chi connectivity index (χ3n) is 6.24. The van der Waals surface area contributed by atoms with Gasteiger partial charge < -0.3 is 26.8 Å². The number of amides is 2. The molecule has 1 atom stereocenters. The number of pyridine rings is 1. The van der Waals surface area contributed by atoms with E-state index in [4.69, 9.17) is 5.73 Å². The normalized spacial score (nSPS) is 14.4. The van der Waals surface area contributed by atoms with Gasteiger partial charge >= 0.3 is 0 Å². The Balaban J connectivity index is 1.46. The number of aliphatic hydroxyl groups is 1. The number of nitrogens with one attached hydrogen (secondary N) is 3. The van der Waals surface area contributed by atoms with Gasteiger partial charge in [0.1, 0.15) is 22.5 Å². The number of anilines is 2. The van der Waals surface area contributed by atoms with E-state index in [0.29, 0.717) is 28.6 Å². The lowest BCUT2D eigenvalue weighted by atomic mass is 10.0. The molecular weight excluding hydrogens is 512 g/mol. The SMILES string of the molecule is CC(O)Cc1cc(F)c(-c2cc(C(N)=O)c(Nc3cccc(CNCC(=O)NC4CCCC4)n3)s2)c(F)c1. The molecule has 2 heterocycles. The number of carbonyl (C=O) groups excluding carboxylic acids is 2. The van der Waals surface area contributed by atoms with Crippen molar-refractivity contribution in [1.82, 2.24) is 15.6 Å². The molecule has 2 aromatic heterocycles. The summed E-state index contributed by atoms with van der Waals surface area (Å²) >= 11 is 0.977. The number of rotatable bonds is 11. The van der Waals surface area contributed by atoms with E-state index in [1.165, 1.54) is 25.1 Å². The van der Waals surface area contributed by atoms with Crippen LogP contribution in [0.4, 0.5) is 19.6 Å². The van der Waals surface area contributed by atoms with Gasteiger partial charge in [0.15, 0.2) is 0 Å². The van der Waals surface area contributed by atoms with Gasteiger partial charge in [-0.1, -0.05) is 18.9 Å². The molecule has 0 saturated heterocycles. The molecule has 8 nitrogen and oxygen atoms in total. The highest BCUT2D eigenvalue weighted by atomic mass is 32.1. The van der Waals surface area contributed by atoms with Crippen molar-refractivity contribution in [3.63, 3.8) is 0 Å². The highest BCUT2D eigenvalue weighted by Gasteiger charge is 2.21. The number of aliphatic hydroxyl groups excluding tert-OH is 1. The molecule has 0 aliphatic heterocycles. The maximum Gasteiger partial charge on any atom is 0.251 e. The third kappa shape index (κ3) is 7.12. The van der Waals surface area contributed by atoms with E-state index in [9.17, 15) is 23.5 Å². The number of nitrogens with zero attached hydrogens (tertiary/aromatic N) is 1. The summed E-state index contributed by atoms with van der Waals surface area (Å²) in [5.74, 6) is -2.00. The lowest BCUT2D eigenvalue weighted by molar-refractivity contribution is -0.120. The second-order valence-corrected chi connectivity index (χ2v) is 10.5. The molecule has 1 aliphatic rings. The fourth-order valence-electron chi connectivity index (χ4n) is 4.53. The highest BCUT2D eigenvalue weighted by molar-refractivity contribution is 7.20. The Bertz CT molecular complexity index is 1280. The maximum absolute atomic E-state index is 14.9. The summed E-state index contributed by atoms with van der Waals surface area (Å²) in [6.45, 7) is 2.05. The Morgan fingerprint density at radius 1 is 1.18 bits per heavy atom. The van der Waals surface area contributed by atoms with Crippen LogP contribution in [0.3, 0.4) is 0 Å². The van der Waals surface area contributed by atoms with Crippen molar-refractivity contribution in [2.45, 2.75) is 57.7 Å². The Hall–Kier alpha value is -3.41. The van der Waals surface area contributed by atoms with Gasteiger partial charge in [-0.05, 0) is 62.1 Å². The van der Waals surface area contributed by atoms with Gasteiger partial charge in [0.2, 0.25) is 5.91 Å². The fourth-order valence-corrected chi connectivity index (χ4v) is 5.65. The van der Waals surface area contributed by atoms with E-state index < -0.39 is 23.6 Å². The van der Waals surface area contributed by atoms with Gasteiger partial charge in [-0.3, -0.25) is 9.59 Å². The molecule has 0 radical (unpaired) electrons. The maximum atomic E-state index is 14.9. The van der Waals surface area contributed by atoms with Crippen LogP contribution in [0.25, 0.3) is 10.4 Å². The summed E-state index contributed by atoms with van der Waals surface area (Å²) in [5.41, 5.74) is 6.33. The summed E-state index contributed by atoms with van der Waals surface area (Å²) in [6.07, 6.45) is 3.70. The number of halogens is 2. The van der Waals surface area contributed by atoms with Crippen LogP contribution in [0.2, 0.25) is 0 Å². The van der Waals surface area contributed by atoms with E-state index in [1.54, 1.807) is 18.2 Å². The van der Waals surface area contributed by atoms with E-state index >= 15 is 0 Å². The van der Waals surface area contributed by atoms with Crippen molar-refractivity contribution < 1.29 is 23.5 Å². The monoisotopic (exact) mass is 543 g/mol. The number of primary amides is 1. The summed E-state index contributed by atoms with van der Waals surface area (Å²) in [5, 5.41) is 19.0. The molecule has 4 rings (SSSR count). The van der Waals surface area contributed by atoms with Crippen LogP contribution < -0.4 is 21.7 Å². The lowest BCUT2D eigenvalue weighted by Crippen LogP contribution is -2.39. The quantitative estimate of drug-likeness (QED) is 0.249. The predicted octanol–water partition coefficient (Wildman–Crippen LogP) is 4.00. The number of benzene rings is 1. The summed E-state index contributed by atoms with van der Waals surface area (Å²) < 4.78 is 29.7. The first-order valence-corrected chi connectivity index (χ1v) is 13.3. The molecule has 1 aliphatic carbocycles. The molecular formula is C27H31F2N5O3S. The molecule has 11 heteroatoms. The predicted molar refractivity (Wildman–Crippen MR) is 143 cm³/mol. The van der Waals surface area contributed by atoms with Gasteiger partial charge in [-0.15, -0.1) is 11.3 Å². The Morgan fingerprint density at radius 2 is 1.89 bits per heavy atom. The average molecular weight is 544 g/mol. The summed E-state index contributed by atoms with van der Waals surface area (Å²) in [4.78, 5) is 28.9. The smallest absolute Gasteiger partial charge is 0.251 e. The van der Waals surface area contributed by atoms with Gasteiger partial charge in [0.05, 0.1) is 29.5 Å². The Morgan fingerprint density at radius 3 is 2.55 bits per heavy atom. The molecule has 1 fully saturated rings. The minimum Gasteiger partial charge on any atom is -0.393 e. The first-order chi connectivity index (χ1) is 18.2. The standard InChI is InChI=1S/C27H31F2N5O3S/c1-15(35)9-16-10-20(28)25(21(29)11-16)22-12-19(26(30)37)27(38-22)34-23-8-4-7-18(32-23)13-31-14-24(36)33-17-5-2-3-6-17/h4,7-8,10-12,15,17,31,35H,2-3,5-6,9,13-14H2,1H3,(H2,30,37)(H,32,34)(H,33,36). The van der Waals surface area contributed by atoms with Crippen LogP contribution in [0.1, 0.15) is 54.2 Å². The molecule has 3 aromatic rings. The summed E-state index contributed by atoms with van der Waals surface area (Å²) in [6, 6.07) is 9.20. The van der Waals surface area contributed by atoms with Gasteiger partial charge in [0.25, 0.3) is 5.91 Å². The molecule has 1 aromatic carbocycles. The van der Waals surface area contributed by atoms with Gasteiger partial charge in [0, 0.05) is 17.5 Å². The minimum absolute atomic E-state index is 0.0539. The molecule has 38 heavy (non-hydrogen) atoms. The largest absolute Gasteiger partial charge is 0.393 e. The first kappa shape index (κ1) is 27.6. The second-order valence-electron chi connectivity index (χ2n) is 9.50. The van der Waals surface area contributed by atoms with Crippen LogP contribution in [-0.2, 0) is 17.8 Å². The molecule has 0 bridgehead atoms. The number of aromatic nitrogens is 1. The highest BCUT2D eigenvalue weighted by Crippen LogP contribution is 2.39. The molecule has 0 spiro atoms. The first-order valence-electron chi connectivity index (χ1n) is 12.5. The number of hydrogen-bond acceptors (Lipinski definition) is 7. The minimum atomic E-state index is -0.798. The van der Waals surface area contributed by atoms with Crippen LogP contribution in [0, 0.1) is 11.6 Å². The second kappa shape index (κ2) is 12.4. The van der Waals surface area contributed by atoms with E-state index in [1.807, 2.05) is 0 Å². The van der Waals surface area contributed by atoms with E-state index in [0.717, 1.165) is 37.0 Å². The van der Waals surface area contributed by atoms with Crippen LogP contribution in [0.5, 0.6) is 0 Å². The van der Waals surface area contributed by atoms with Crippen molar-refractivity contribution in [3.8, 4) is 10.4 Å². The number of hydrogen-bond donors (Lipinski definition) is 5. The zero-order valence-electron chi connectivity index (χ0n) is 21.0. The van der Waals surface area contributed by atoms with E-state index in [2.05, 4.69) is 20.9 Å². The van der Waals surface area contributed by atoms with Crippen LogP contribution in [-0.4, -0.2) is 40.6 Å². The van der Waals surface area contributed by atoms with Crippen molar-refractivity contribution in [2.24, 2.45) is 5.73 Å². The molecule has 2 amide bonds. The summed E-state index contributed by atoms with van der Waals surface area (Å²) in [7, 11) is 0. The van der Waals surface area contributed by atoms with Crippen LogP contribution in [0.15, 0.2) is 36.4 Å². The Kier molecular flexibility index (Phi) is 9.03. The van der Waals surface area contributed by atoms with Gasteiger partial charge in [-0.25, -0.2) is 13.8 Å². The van der Waals surface area contributed by atoms with Crippen molar-refractivity contribution in [3.05, 3.63) is 64.9 Å². The molecule has 6 N–H and O–H groups in total. The molecule has 1 saturated carbocycles. The van der Waals surface area contributed by atoms with Gasteiger partial charge in [-0.2, -0.15) is 0 Å². The zero-order valence-corrected chi connectivity index (χ0v) is 21.8.